The predicted molar refractivity (Wildman–Crippen MR) is 67.7 cm³/mol. The largest absolute Gasteiger partial charge is 0.351 e. The van der Waals surface area contributed by atoms with Gasteiger partial charge < -0.3 is 9.88 Å². The molecule has 1 unspecified atom stereocenters. The van der Waals surface area contributed by atoms with Crippen molar-refractivity contribution in [2.24, 2.45) is 0 Å². The van der Waals surface area contributed by atoms with Crippen molar-refractivity contribution in [2.75, 3.05) is 7.05 Å². The molecule has 0 aromatic carbocycles. The maximum Gasteiger partial charge on any atom is 0.246 e. The first kappa shape index (κ1) is 12.8. The van der Waals surface area contributed by atoms with E-state index in [9.17, 15) is 9.59 Å². The van der Waals surface area contributed by atoms with Gasteiger partial charge in [-0.15, -0.1) is 0 Å². The van der Waals surface area contributed by atoms with E-state index in [1.54, 1.807) is 7.05 Å². The SMILES string of the molecule is CCn1cccc1CNC1CCC(=O)N(C)C1=O. The first-order valence-corrected chi connectivity index (χ1v) is 6.31. The van der Waals surface area contributed by atoms with Crippen LogP contribution in [0.2, 0.25) is 0 Å². The summed E-state index contributed by atoms with van der Waals surface area (Å²) in [5.74, 6) is -0.212. The van der Waals surface area contributed by atoms with Gasteiger partial charge in [0.2, 0.25) is 11.8 Å². The summed E-state index contributed by atoms with van der Waals surface area (Å²) in [4.78, 5) is 24.5. The van der Waals surface area contributed by atoms with Crippen molar-refractivity contribution < 1.29 is 9.59 Å². The van der Waals surface area contributed by atoms with Gasteiger partial charge in [0, 0.05) is 38.4 Å². The van der Waals surface area contributed by atoms with E-state index in [1.165, 1.54) is 4.90 Å². The van der Waals surface area contributed by atoms with Crippen LogP contribution in [0, 0.1) is 0 Å². The van der Waals surface area contributed by atoms with E-state index in [0.717, 1.165) is 12.2 Å². The Labute approximate surface area is 107 Å². The highest BCUT2D eigenvalue weighted by atomic mass is 16.2. The highest BCUT2D eigenvalue weighted by Crippen LogP contribution is 2.12. The quantitative estimate of drug-likeness (QED) is 0.801. The molecule has 2 amide bonds. The number of amides is 2. The van der Waals surface area contributed by atoms with Crippen LogP contribution in [0.4, 0.5) is 0 Å². The standard InChI is InChI=1S/C13H19N3O2/c1-3-16-8-4-5-10(16)9-14-11-6-7-12(17)15(2)13(11)18/h4-5,8,11,14H,3,6-7,9H2,1-2H3. The van der Waals surface area contributed by atoms with E-state index in [4.69, 9.17) is 0 Å². The van der Waals surface area contributed by atoms with Crippen molar-refractivity contribution in [3.8, 4) is 0 Å². The molecular formula is C13H19N3O2. The second kappa shape index (κ2) is 5.35. The molecule has 1 aromatic heterocycles. The number of nitrogens with one attached hydrogen (secondary N) is 1. The number of hydrogen-bond donors (Lipinski definition) is 1. The number of hydrogen-bond acceptors (Lipinski definition) is 3. The van der Waals surface area contributed by atoms with Crippen LogP contribution in [0.1, 0.15) is 25.5 Å². The Morgan fingerprint density at radius 3 is 2.94 bits per heavy atom. The van der Waals surface area contributed by atoms with Gasteiger partial charge in [-0.05, 0) is 25.5 Å². The maximum atomic E-state index is 11.9. The van der Waals surface area contributed by atoms with E-state index in [0.29, 0.717) is 19.4 Å². The average molecular weight is 249 g/mol. The normalized spacial score (nSPS) is 20.6. The number of aryl methyl sites for hydroxylation is 1. The van der Waals surface area contributed by atoms with Crippen LogP contribution in [0.5, 0.6) is 0 Å². The molecule has 1 fully saturated rings. The van der Waals surface area contributed by atoms with Gasteiger partial charge in [-0.1, -0.05) is 0 Å². The van der Waals surface area contributed by atoms with Crippen molar-refractivity contribution in [3.05, 3.63) is 24.0 Å². The topological polar surface area (TPSA) is 54.3 Å². The number of likely N-dealkylation sites (tertiary alicyclic amines) is 1. The van der Waals surface area contributed by atoms with Crippen molar-refractivity contribution in [3.63, 3.8) is 0 Å². The number of likely N-dealkylation sites (N-methyl/N-ethyl adjacent to an activating group) is 1. The highest BCUT2D eigenvalue weighted by molar-refractivity contribution is 6.00. The van der Waals surface area contributed by atoms with Gasteiger partial charge in [0.15, 0.2) is 0 Å². The lowest BCUT2D eigenvalue weighted by Crippen LogP contribution is -2.51. The minimum atomic E-state index is -0.243. The lowest BCUT2D eigenvalue weighted by Gasteiger charge is -2.28. The number of imide groups is 1. The molecule has 18 heavy (non-hydrogen) atoms. The number of piperidine rings is 1. The molecule has 1 N–H and O–H groups in total. The van der Waals surface area contributed by atoms with Crippen molar-refractivity contribution in [2.45, 2.75) is 38.9 Å². The number of carbonyl (C=O) groups is 2. The van der Waals surface area contributed by atoms with Crippen molar-refractivity contribution >= 4 is 11.8 Å². The van der Waals surface area contributed by atoms with E-state index < -0.39 is 0 Å². The Hall–Kier alpha value is -1.62. The smallest absolute Gasteiger partial charge is 0.246 e. The van der Waals surface area contributed by atoms with E-state index in [1.807, 2.05) is 18.3 Å². The zero-order valence-electron chi connectivity index (χ0n) is 10.8. The fraction of sp³-hybridized carbons (Fsp3) is 0.538. The molecule has 0 bridgehead atoms. The summed E-state index contributed by atoms with van der Waals surface area (Å²) in [7, 11) is 1.55. The average Bonchev–Trinajstić information content (AvgIpc) is 2.82. The summed E-state index contributed by atoms with van der Waals surface area (Å²) < 4.78 is 2.13. The summed E-state index contributed by atoms with van der Waals surface area (Å²) in [5.41, 5.74) is 1.16. The molecule has 0 radical (unpaired) electrons. The molecule has 0 spiro atoms. The Morgan fingerprint density at radius 1 is 1.44 bits per heavy atom. The van der Waals surface area contributed by atoms with Gasteiger partial charge in [-0.2, -0.15) is 0 Å². The third-order valence-corrected chi connectivity index (χ3v) is 3.44. The zero-order chi connectivity index (χ0) is 13.1. The van der Waals surface area contributed by atoms with Crippen LogP contribution in [-0.2, 0) is 22.7 Å². The molecule has 1 aliphatic rings. The van der Waals surface area contributed by atoms with Crippen LogP contribution >= 0.6 is 0 Å². The van der Waals surface area contributed by atoms with Crippen molar-refractivity contribution in [1.29, 1.82) is 0 Å². The third-order valence-electron chi connectivity index (χ3n) is 3.44. The molecule has 1 atom stereocenters. The molecule has 2 heterocycles. The predicted octanol–water partition coefficient (Wildman–Crippen LogP) is 0.745. The molecule has 0 saturated carbocycles. The minimum absolute atomic E-state index is 0.0880. The first-order chi connectivity index (χ1) is 8.63. The molecule has 0 aliphatic carbocycles. The van der Waals surface area contributed by atoms with Gasteiger partial charge in [0.05, 0.1) is 6.04 Å². The zero-order valence-corrected chi connectivity index (χ0v) is 10.8. The highest BCUT2D eigenvalue weighted by Gasteiger charge is 2.31. The summed E-state index contributed by atoms with van der Waals surface area (Å²) in [6.07, 6.45) is 3.05. The monoisotopic (exact) mass is 249 g/mol. The van der Waals surface area contributed by atoms with Crippen LogP contribution in [0.15, 0.2) is 18.3 Å². The first-order valence-electron chi connectivity index (χ1n) is 6.31. The summed E-state index contributed by atoms with van der Waals surface area (Å²) in [6.45, 7) is 3.65. The summed E-state index contributed by atoms with van der Waals surface area (Å²) in [6, 6.07) is 3.80. The number of nitrogens with zero attached hydrogens (tertiary/aromatic N) is 2. The number of rotatable bonds is 4. The second-order valence-electron chi connectivity index (χ2n) is 4.55. The summed E-state index contributed by atoms with van der Waals surface area (Å²) in [5, 5.41) is 3.24. The van der Waals surface area contributed by atoms with Crippen LogP contribution in [-0.4, -0.2) is 34.4 Å². The summed E-state index contributed by atoms with van der Waals surface area (Å²) >= 11 is 0. The lowest BCUT2D eigenvalue weighted by atomic mass is 10.0. The molecule has 98 valence electrons. The van der Waals surface area contributed by atoms with Gasteiger partial charge in [-0.25, -0.2) is 0 Å². The molecule has 1 saturated heterocycles. The van der Waals surface area contributed by atoms with E-state index in [2.05, 4.69) is 16.8 Å². The fourth-order valence-corrected chi connectivity index (χ4v) is 2.25. The Kier molecular flexibility index (Phi) is 3.81. The van der Waals surface area contributed by atoms with Crippen LogP contribution in [0.25, 0.3) is 0 Å². The molecule has 1 aliphatic heterocycles. The number of carbonyl (C=O) groups excluding carboxylic acids is 2. The third kappa shape index (κ3) is 2.46. The minimum Gasteiger partial charge on any atom is -0.351 e. The lowest BCUT2D eigenvalue weighted by molar-refractivity contribution is -0.148. The fourth-order valence-electron chi connectivity index (χ4n) is 2.25. The van der Waals surface area contributed by atoms with Crippen molar-refractivity contribution in [1.82, 2.24) is 14.8 Å². The van der Waals surface area contributed by atoms with E-state index in [-0.39, 0.29) is 17.9 Å². The van der Waals surface area contributed by atoms with Crippen LogP contribution in [0.3, 0.4) is 0 Å². The molecular weight excluding hydrogens is 230 g/mol. The molecule has 1 aromatic rings. The molecule has 2 rings (SSSR count). The van der Waals surface area contributed by atoms with E-state index >= 15 is 0 Å². The maximum absolute atomic E-state index is 11.9. The van der Waals surface area contributed by atoms with Gasteiger partial charge in [-0.3, -0.25) is 14.5 Å². The van der Waals surface area contributed by atoms with Gasteiger partial charge in [0.25, 0.3) is 0 Å². The molecule has 5 heteroatoms. The number of aromatic nitrogens is 1. The Balaban J connectivity index is 1.94. The second-order valence-corrected chi connectivity index (χ2v) is 4.55. The van der Waals surface area contributed by atoms with Gasteiger partial charge in [0.1, 0.15) is 0 Å². The molecule has 5 nitrogen and oxygen atoms in total. The van der Waals surface area contributed by atoms with Crippen LogP contribution < -0.4 is 5.32 Å². The van der Waals surface area contributed by atoms with Gasteiger partial charge >= 0.3 is 0 Å². The Morgan fingerprint density at radius 2 is 2.22 bits per heavy atom. The Bertz CT molecular complexity index is 453.